The van der Waals surface area contributed by atoms with Crippen LogP contribution >= 0.6 is 0 Å². The van der Waals surface area contributed by atoms with Crippen LogP contribution in [0.2, 0.25) is 0 Å². The van der Waals surface area contributed by atoms with Gasteiger partial charge in [0.25, 0.3) is 5.69 Å². The van der Waals surface area contributed by atoms with Crippen molar-refractivity contribution in [1.29, 1.82) is 0 Å². The monoisotopic (exact) mass is 316 g/mol. The number of amides is 1. The van der Waals surface area contributed by atoms with Crippen LogP contribution in [-0.2, 0) is 11.2 Å². The molecule has 0 aliphatic carbocycles. The number of nitro benzene ring substituents is 1. The number of hydrogen-bond acceptors (Lipinski definition) is 5. The third kappa shape index (κ3) is 3.97. The van der Waals surface area contributed by atoms with E-state index in [1.54, 1.807) is 19.1 Å². The first-order valence-electron chi connectivity index (χ1n) is 6.93. The highest BCUT2D eigenvalue weighted by molar-refractivity contribution is 5.94. The third-order valence-electron chi connectivity index (χ3n) is 3.39. The molecule has 1 unspecified atom stereocenters. The molecule has 0 aliphatic heterocycles. The third-order valence-corrected chi connectivity index (χ3v) is 3.39. The summed E-state index contributed by atoms with van der Waals surface area (Å²) in [7, 11) is 0. The highest BCUT2D eigenvalue weighted by Gasteiger charge is 2.19. The fourth-order valence-electron chi connectivity index (χ4n) is 2.14. The van der Waals surface area contributed by atoms with Crippen LogP contribution in [0.3, 0.4) is 0 Å². The number of para-hydroxylation sites is 2. The lowest BCUT2D eigenvalue weighted by molar-refractivity contribution is -0.383. The first-order valence-corrected chi connectivity index (χ1v) is 6.93. The zero-order chi connectivity index (χ0) is 17.0. The van der Waals surface area contributed by atoms with Gasteiger partial charge in [-0.05, 0) is 30.2 Å². The van der Waals surface area contributed by atoms with Gasteiger partial charge in [0, 0.05) is 12.0 Å². The SMILES string of the molecule is CC(Cc1ccc(O)c(O)c1)C(=O)Nc1ccccc1[N+](=O)[O-]. The van der Waals surface area contributed by atoms with Crippen molar-refractivity contribution in [2.24, 2.45) is 5.92 Å². The van der Waals surface area contributed by atoms with Crippen molar-refractivity contribution in [3.8, 4) is 11.5 Å². The average Bonchev–Trinajstić information content (AvgIpc) is 2.51. The van der Waals surface area contributed by atoms with Gasteiger partial charge in [0.2, 0.25) is 5.91 Å². The summed E-state index contributed by atoms with van der Waals surface area (Å²) in [5.74, 6) is -1.33. The number of anilines is 1. The van der Waals surface area contributed by atoms with Gasteiger partial charge in [0.05, 0.1) is 4.92 Å². The molecule has 120 valence electrons. The predicted molar refractivity (Wildman–Crippen MR) is 84.4 cm³/mol. The van der Waals surface area contributed by atoms with Crippen molar-refractivity contribution in [3.63, 3.8) is 0 Å². The summed E-state index contributed by atoms with van der Waals surface area (Å²) in [6, 6.07) is 10.2. The zero-order valence-corrected chi connectivity index (χ0v) is 12.4. The number of nitro groups is 1. The van der Waals surface area contributed by atoms with Gasteiger partial charge in [-0.25, -0.2) is 0 Å². The molecule has 0 aromatic heterocycles. The van der Waals surface area contributed by atoms with Gasteiger partial charge in [-0.2, -0.15) is 0 Å². The zero-order valence-electron chi connectivity index (χ0n) is 12.4. The molecular formula is C16H16N2O5. The van der Waals surface area contributed by atoms with Gasteiger partial charge in [0.1, 0.15) is 5.69 Å². The van der Waals surface area contributed by atoms with E-state index in [2.05, 4.69) is 5.32 Å². The molecule has 0 fully saturated rings. The normalized spacial score (nSPS) is 11.7. The van der Waals surface area contributed by atoms with Gasteiger partial charge in [0.15, 0.2) is 11.5 Å². The number of aromatic hydroxyl groups is 2. The summed E-state index contributed by atoms with van der Waals surface area (Å²) in [6.07, 6.45) is 0.320. The van der Waals surface area contributed by atoms with Crippen molar-refractivity contribution in [2.75, 3.05) is 5.32 Å². The Labute approximate surface area is 132 Å². The molecule has 0 heterocycles. The molecule has 2 rings (SSSR count). The number of carbonyl (C=O) groups excluding carboxylic acids is 1. The second-order valence-electron chi connectivity index (χ2n) is 5.19. The fourth-order valence-corrected chi connectivity index (χ4v) is 2.14. The summed E-state index contributed by atoms with van der Waals surface area (Å²) in [5.41, 5.74) is 0.642. The topological polar surface area (TPSA) is 113 Å². The number of benzene rings is 2. The molecule has 0 saturated heterocycles. The minimum Gasteiger partial charge on any atom is -0.504 e. The van der Waals surface area contributed by atoms with E-state index >= 15 is 0 Å². The van der Waals surface area contributed by atoms with Crippen molar-refractivity contribution in [3.05, 3.63) is 58.1 Å². The molecule has 0 radical (unpaired) electrons. The van der Waals surface area contributed by atoms with Crippen LogP contribution in [0.25, 0.3) is 0 Å². The second kappa shape index (κ2) is 6.78. The Morgan fingerprint density at radius 3 is 2.57 bits per heavy atom. The van der Waals surface area contributed by atoms with Crippen molar-refractivity contribution in [1.82, 2.24) is 0 Å². The standard InChI is InChI=1S/C16H16N2O5/c1-10(8-11-6-7-14(19)15(20)9-11)16(21)17-12-4-2-3-5-13(12)18(22)23/h2-7,9-10,19-20H,8H2,1H3,(H,17,21). The summed E-state index contributed by atoms with van der Waals surface area (Å²) >= 11 is 0. The molecule has 0 saturated carbocycles. The van der Waals surface area contributed by atoms with E-state index in [0.29, 0.717) is 12.0 Å². The predicted octanol–water partition coefficient (Wildman–Crippen LogP) is 2.82. The molecule has 2 aromatic rings. The molecular weight excluding hydrogens is 300 g/mol. The number of hydrogen-bond donors (Lipinski definition) is 3. The Balaban J connectivity index is 2.08. The summed E-state index contributed by atoms with van der Waals surface area (Å²) in [4.78, 5) is 22.6. The molecule has 0 spiro atoms. The maximum atomic E-state index is 12.2. The van der Waals surface area contributed by atoms with Crippen LogP contribution in [-0.4, -0.2) is 21.0 Å². The van der Waals surface area contributed by atoms with Crippen molar-refractivity contribution < 1.29 is 19.9 Å². The molecule has 1 atom stereocenters. The van der Waals surface area contributed by atoms with Crippen LogP contribution < -0.4 is 5.32 Å². The number of phenols is 2. The largest absolute Gasteiger partial charge is 0.504 e. The second-order valence-corrected chi connectivity index (χ2v) is 5.19. The highest BCUT2D eigenvalue weighted by Crippen LogP contribution is 2.27. The van der Waals surface area contributed by atoms with Gasteiger partial charge in [-0.3, -0.25) is 14.9 Å². The van der Waals surface area contributed by atoms with E-state index in [9.17, 15) is 25.1 Å². The van der Waals surface area contributed by atoms with Crippen LogP contribution in [0.4, 0.5) is 11.4 Å². The minimum atomic E-state index is -0.557. The smallest absolute Gasteiger partial charge is 0.292 e. The van der Waals surface area contributed by atoms with Crippen molar-refractivity contribution in [2.45, 2.75) is 13.3 Å². The van der Waals surface area contributed by atoms with Crippen LogP contribution in [0.1, 0.15) is 12.5 Å². The Kier molecular flexibility index (Phi) is 4.80. The van der Waals surface area contributed by atoms with Crippen LogP contribution in [0.15, 0.2) is 42.5 Å². The number of phenolic OH excluding ortho intramolecular Hbond substituents is 2. The molecule has 2 aromatic carbocycles. The molecule has 7 heteroatoms. The summed E-state index contributed by atoms with van der Waals surface area (Å²) < 4.78 is 0. The van der Waals surface area contributed by atoms with E-state index in [1.807, 2.05) is 0 Å². The summed E-state index contributed by atoms with van der Waals surface area (Å²) in [5, 5.41) is 32.2. The minimum absolute atomic E-state index is 0.142. The average molecular weight is 316 g/mol. The molecule has 3 N–H and O–H groups in total. The Hall–Kier alpha value is -3.09. The first-order chi connectivity index (χ1) is 10.9. The van der Waals surface area contributed by atoms with Gasteiger partial charge in [-0.1, -0.05) is 25.1 Å². The van der Waals surface area contributed by atoms with Gasteiger partial charge >= 0.3 is 0 Å². The maximum absolute atomic E-state index is 12.2. The lowest BCUT2D eigenvalue weighted by Crippen LogP contribution is -2.22. The highest BCUT2D eigenvalue weighted by atomic mass is 16.6. The lowest BCUT2D eigenvalue weighted by atomic mass is 10.00. The molecule has 0 bridgehead atoms. The Bertz CT molecular complexity index is 745. The lowest BCUT2D eigenvalue weighted by Gasteiger charge is -2.13. The Morgan fingerprint density at radius 1 is 1.22 bits per heavy atom. The van der Waals surface area contributed by atoms with E-state index in [-0.39, 0.29) is 28.8 Å². The van der Waals surface area contributed by atoms with Crippen LogP contribution in [0, 0.1) is 16.0 Å². The molecule has 7 nitrogen and oxygen atoms in total. The molecule has 23 heavy (non-hydrogen) atoms. The van der Waals surface area contributed by atoms with E-state index in [0.717, 1.165) is 0 Å². The quantitative estimate of drug-likeness (QED) is 0.446. The van der Waals surface area contributed by atoms with Gasteiger partial charge < -0.3 is 15.5 Å². The van der Waals surface area contributed by atoms with Gasteiger partial charge in [-0.15, -0.1) is 0 Å². The fraction of sp³-hybridized carbons (Fsp3) is 0.188. The maximum Gasteiger partial charge on any atom is 0.292 e. The number of carbonyl (C=O) groups is 1. The Morgan fingerprint density at radius 2 is 1.91 bits per heavy atom. The number of nitrogens with one attached hydrogen (secondary N) is 1. The number of nitrogens with zero attached hydrogens (tertiary/aromatic N) is 1. The van der Waals surface area contributed by atoms with Crippen LogP contribution in [0.5, 0.6) is 11.5 Å². The first kappa shape index (κ1) is 16.3. The van der Waals surface area contributed by atoms with Crippen molar-refractivity contribution >= 4 is 17.3 Å². The number of rotatable bonds is 5. The van der Waals surface area contributed by atoms with E-state index in [1.165, 1.54) is 30.3 Å². The molecule has 0 aliphatic rings. The summed E-state index contributed by atoms with van der Waals surface area (Å²) in [6.45, 7) is 1.67. The van der Waals surface area contributed by atoms with E-state index in [4.69, 9.17) is 0 Å². The molecule has 1 amide bonds. The van der Waals surface area contributed by atoms with E-state index < -0.39 is 10.8 Å².